The molecule has 15 heavy (non-hydrogen) atoms. The molecular formula is C12H15NOS. The van der Waals surface area contributed by atoms with Crippen molar-refractivity contribution in [3.05, 3.63) is 30.3 Å². The minimum Gasteiger partial charge on any atom is -0.311 e. The molecule has 2 rings (SSSR count). The van der Waals surface area contributed by atoms with Crippen LogP contribution >= 0.6 is 11.8 Å². The molecule has 0 aliphatic carbocycles. The van der Waals surface area contributed by atoms with Gasteiger partial charge < -0.3 is 4.90 Å². The standard InChI is InChI=1S/C12H15NOS/c1-2-11-12(14)13(8-9-15-11)10-6-4-3-5-7-10/h3-7,11H,2,8-9H2,1H3. The molecule has 0 bridgehead atoms. The number of thioether (sulfide) groups is 1. The van der Waals surface area contributed by atoms with Crippen molar-refractivity contribution in [3.8, 4) is 0 Å². The summed E-state index contributed by atoms with van der Waals surface area (Å²) in [5, 5.41) is 0.152. The summed E-state index contributed by atoms with van der Waals surface area (Å²) in [6.45, 7) is 2.91. The summed E-state index contributed by atoms with van der Waals surface area (Å²) in [6, 6.07) is 9.93. The predicted molar refractivity (Wildman–Crippen MR) is 65.3 cm³/mol. The van der Waals surface area contributed by atoms with Crippen LogP contribution in [0.3, 0.4) is 0 Å². The SMILES string of the molecule is CCC1SCCN(c2ccccc2)C1=O. The minimum absolute atomic E-state index is 0.152. The van der Waals surface area contributed by atoms with Gasteiger partial charge in [-0.25, -0.2) is 0 Å². The Kier molecular flexibility index (Phi) is 3.31. The molecule has 1 fully saturated rings. The van der Waals surface area contributed by atoms with Crippen molar-refractivity contribution in [2.24, 2.45) is 0 Å². The van der Waals surface area contributed by atoms with Crippen molar-refractivity contribution in [2.45, 2.75) is 18.6 Å². The first kappa shape index (κ1) is 10.6. The summed E-state index contributed by atoms with van der Waals surface area (Å²) in [4.78, 5) is 14.0. The molecule has 1 unspecified atom stereocenters. The highest BCUT2D eigenvalue weighted by molar-refractivity contribution is 8.00. The van der Waals surface area contributed by atoms with E-state index in [1.807, 2.05) is 35.2 Å². The third-order valence-corrected chi connectivity index (χ3v) is 3.97. The first-order chi connectivity index (χ1) is 7.33. The van der Waals surface area contributed by atoms with Crippen LogP contribution in [-0.4, -0.2) is 23.5 Å². The third-order valence-electron chi connectivity index (χ3n) is 2.61. The lowest BCUT2D eigenvalue weighted by Crippen LogP contribution is -2.43. The summed E-state index contributed by atoms with van der Waals surface area (Å²) in [7, 11) is 0. The summed E-state index contributed by atoms with van der Waals surface area (Å²) in [5.74, 6) is 1.30. The van der Waals surface area contributed by atoms with E-state index in [-0.39, 0.29) is 11.2 Å². The van der Waals surface area contributed by atoms with Crippen LogP contribution < -0.4 is 4.90 Å². The Morgan fingerprint density at radius 3 is 2.80 bits per heavy atom. The zero-order valence-corrected chi connectivity index (χ0v) is 9.67. The van der Waals surface area contributed by atoms with Crippen molar-refractivity contribution in [1.29, 1.82) is 0 Å². The molecule has 2 nitrogen and oxygen atoms in total. The van der Waals surface area contributed by atoms with Crippen LogP contribution in [0.15, 0.2) is 30.3 Å². The van der Waals surface area contributed by atoms with Crippen LogP contribution in [0, 0.1) is 0 Å². The van der Waals surface area contributed by atoms with Crippen molar-refractivity contribution >= 4 is 23.4 Å². The molecule has 0 N–H and O–H groups in total. The Balaban J connectivity index is 2.19. The van der Waals surface area contributed by atoms with Crippen molar-refractivity contribution < 1.29 is 4.79 Å². The molecule has 1 aliphatic heterocycles. The Morgan fingerprint density at radius 2 is 2.13 bits per heavy atom. The van der Waals surface area contributed by atoms with Crippen LogP contribution in [0.4, 0.5) is 5.69 Å². The van der Waals surface area contributed by atoms with Gasteiger partial charge in [0.1, 0.15) is 0 Å². The smallest absolute Gasteiger partial charge is 0.240 e. The second kappa shape index (κ2) is 4.71. The number of para-hydroxylation sites is 1. The second-order valence-corrected chi connectivity index (χ2v) is 4.90. The molecular weight excluding hydrogens is 206 g/mol. The Labute approximate surface area is 94.7 Å². The molecule has 0 radical (unpaired) electrons. The van der Waals surface area contributed by atoms with Crippen molar-refractivity contribution in [2.75, 3.05) is 17.2 Å². The summed E-state index contributed by atoms with van der Waals surface area (Å²) in [6.07, 6.45) is 0.923. The molecule has 1 heterocycles. The van der Waals surface area contributed by atoms with Crippen molar-refractivity contribution in [1.82, 2.24) is 0 Å². The predicted octanol–water partition coefficient (Wildman–Crippen LogP) is 2.55. The number of nitrogens with zero attached hydrogens (tertiary/aromatic N) is 1. The normalized spacial score (nSPS) is 21.8. The Hall–Kier alpha value is -0.960. The van der Waals surface area contributed by atoms with E-state index >= 15 is 0 Å². The van der Waals surface area contributed by atoms with Gasteiger partial charge in [0.25, 0.3) is 0 Å². The molecule has 0 aromatic heterocycles. The number of benzene rings is 1. The minimum atomic E-state index is 0.152. The molecule has 3 heteroatoms. The molecule has 1 aliphatic rings. The van der Waals surface area contributed by atoms with Gasteiger partial charge in [0, 0.05) is 18.0 Å². The fourth-order valence-electron chi connectivity index (χ4n) is 1.80. The summed E-state index contributed by atoms with van der Waals surface area (Å²) < 4.78 is 0. The van der Waals surface area contributed by atoms with E-state index in [1.165, 1.54) is 0 Å². The number of amides is 1. The molecule has 1 saturated heterocycles. The van der Waals surface area contributed by atoms with Gasteiger partial charge in [-0.05, 0) is 18.6 Å². The lowest BCUT2D eigenvalue weighted by Gasteiger charge is -2.31. The maximum Gasteiger partial charge on any atom is 0.240 e. The van der Waals surface area contributed by atoms with Gasteiger partial charge in [0.15, 0.2) is 0 Å². The van der Waals surface area contributed by atoms with E-state index in [1.54, 1.807) is 11.8 Å². The fraction of sp³-hybridized carbons (Fsp3) is 0.417. The average Bonchev–Trinajstić information content (AvgIpc) is 2.30. The first-order valence-corrected chi connectivity index (χ1v) is 6.36. The maximum atomic E-state index is 12.1. The number of hydrogen-bond donors (Lipinski definition) is 0. The second-order valence-electron chi connectivity index (χ2n) is 3.59. The van der Waals surface area contributed by atoms with E-state index in [9.17, 15) is 4.79 Å². The average molecular weight is 221 g/mol. The Bertz CT molecular complexity index is 339. The third kappa shape index (κ3) is 2.17. The van der Waals surface area contributed by atoms with Gasteiger partial charge in [-0.2, -0.15) is 0 Å². The van der Waals surface area contributed by atoms with Crippen molar-refractivity contribution in [3.63, 3.8) is 0 Å². The zero-order valence-electron chi connectivity index (χ0n) is 8.85. The van der Waals surface area contributed by atoms with E-state index in [2.05, 4.69) is 6.92 Å². The highest BCUT2D eigenvalue weighted by atomic mass is 32.2. The summed E-state index contributed by atoms with van der Waals surface area (Å²) >= 11 is 1.78. The Morgan fingerprint density at radius 1 is 1.40 bits per heavy atom. The monoisotopic (exact) mass is 221 g/mol. The first-order valence-electron chi connectivity index (χ1n) is 5.31. The molecule has 1 aromatic carbocycles. The molecule has 0 saturated carbocycles. The van der Waals surface area contributed by atoms with Gasteiger partial charge in [-0.15, -0.1) is 11.8 Å². The topological polar surface area (TPSA) is 20.3 Å². The highest BCUT2D eigenvalue weighted by Crippen LogP contribution is 2.26. The van der Waals surface area contributed by atoms with Crippen LogP contribution in [0.2, 0.25) is 0 Å². The van der Waals surface area contributed by atoms with Gasteiger partial charge in [0.2, 0.25) is 5.91 Å². The number of rotatable bonds is 2. The van der Waals surface area contributed by atoms with Gasteiger partial charge in [-0.3, -0.25) is 4.79 Å². The molecule has 1 amide bonds. The lowest BCUT2D eigenvalue weighted by atomic mass is 10.2. The van der Waals surface area contributed by atoms with E-state index < -0.39 is 0 Å². The van der Waals surface area contributed by atoms with Crippen LogP contribution in [0.25, 0.3) is 0 Å². The van der Waals surface area contributed by atoms with Gasteiger partial charge in [-0.1, -0.05) is 25.1 Å². The van der Waals surface area contributed by atoms with E-state index in [0.717, 1.165) is 24.4 Å². The van der Waals surface area contributed by atoms with Crippen LogP contribution in [0.5, 0.6) is 0 Å². The molecule has 0 spiro atoms. The van der Waals surface area contributed by atoms with Crippen LogP contribution in [0.1, 0.15) is 13.3 Å². The quantitative estimate of drug-likeness (QED) is 0.765. The number of hydrogen-bond acceptors (Lipinski definition) is 2. The lowest BCUT2D eigenvalue weighted by molar-refractivity contribution is -0.118. The molecule has 1 atom stereocenters. The van der Waals surface area contributed by atoms with E-state index in [0.29, 0.717) is 0 Å². The van der Waals surface area contributed by atoms with E-state index in [4.69, 9.17) is 0 Å². The van der Waals surface area contributed by atoms with Crippen LogP contribution in [-0.2, 0) is 4.79 Å². The number of carbonyl (C=O) groups is 1. The zero-order chi connectivity index (χ0) is 10.7. The van der Waals surface area contributed by atoms with Gasteiger partial charge >= 0.3 is 0 Å². The number of anilines is 1. The molecule has 1 aromatic rings. The molecule has 80 valence electrons. The largest absolute Gasteiger partial charge is 0.311 e. The van der Waals surface area contributed by atoms with Gasteiger partial charge in [0.05, 0.1) is 5.25 Å². The maximum absolute atomic E-state index is 12.1. The highest BCUT2D eigenvalue weighted by Gasteiger charge is 2.28. The fourth-order valence-corrected chi connectivity index (χ4v) is 2.88. The number of carbonyl (C=O) groups excluding carboxylic acids is 1. The summed E-state index contributed by atoms with van der Waals surface area (Å²) in [5.41, 5.74) is 1.03.